The van der Waals surface area contributed by atoms with Gasteiger partial charge in [0.25, 0.3) is 5.91 Å². The Labute approximate surface area is 146 Å². The van der Waals surface area contributed by atoms with Gasteiger partial charge in [-0.25, -0.2) is 4.79 Å². The van der Waals surface area contributed by atoms with Gasteiger partial charge in [-0.1, -0.05) is 26.0 Å². The van der Waals surface area contributed by atoms with E-state index in [-0.39, 0.29) is 23.8 Å². The fourth-order valence-corrected chi connectivity index (χ4v) is 2.21. The zero-order valence-electron chi connectivity index (χ0n) is 14.4. The number of anilines is 1. The molecule has 0 heterocycles. The number of carbonyl (C=O) groups is 2. The van der Waals surface area contributed by atoms with Crippen LogP contribution in [-0.2, 0) is 4.79 Å². The molecule has 2 N–H and O–H groups in total. The van der Waals surface area contributed by atoms with E-state index >= 15 is 0 Å². The topological polar surface area (TPSA) is 84.9 Å². The molecule has 6 nitrogen and oxygen atoms in total. The molecule has 0 fully saturated rings. The summed E-state index contributed by atoms with van der Waals surface area (Å²) in [5.41, 5.74) is 1.66. The lowest BCUT2D eigenvalue weighted by Crippen LogP contribution is -2.20. The second-order valence-corrected chi connectivity index (χ2v) is 5.78. The van der Waals surface area contributed by atoms with Crippen LogP contribution in [0.2, 0.25) is 0 Å². The molecule has 6 heteroatoms. The number of carboxylic acid groups (broad SMARTS) is 1. The number of benzene rings is 2. The third kappa shape index (κ3) is 4.97. The van der Waals surface area contributed by atoms with Gasteiger partial charge in [-0.05, 0) is 41.8 Å². The highest BCUT2D eigenvalue weighted by atomic mass is 16.5. The molecule has 132 valence electrons. The Morgan fingerprint density at radius 2 is 1.80 bits per heavy atom. The van der Waals surface area contributed by atoms with Crippen LogP contribution in [0.4, 0.5) is 5.69 Å². The molecule has 2 aromatic carbocycles. The highest BCUT2D eigenvalue weighted by molar-refractivity contribution is 5.95. The zero-order chi connectivity index (χ0) is 18.4. The first-order valence-electron chi connectivity index (χ1n) is 7.84. The lowest BCUT2D eigenvalue weighted by molar-refractivity contribution is -0.118. The molecule has 0 atom stereocenters. The molecule has 1 amide bonds. The Morgan fingerprint density at radius 1 is 1.12 bits per heavy atom. The molecule has 0 unspecified atom stereocenters. The van der Waals surface area contributed by atoms with Gasteiger partial charge in [0, 0.05) is 0 Å². The number of carbonyl (C=O) groups excluding carboxylic acids is 1. The summed E-state index contributed by atoms with van der Waals surface area (Å²) in [6.45, 7) is 4.05. The Balaban J connectivity index is 1.97. The van der Waals surface area contributed by atoms with Gasteiger partial charge < -0.3 is 19.9 Å². The summed E-state index contributed by atoms with van der Waals surface area (Å²) in [6, 6.07) is 11.8. The molecule has 0 saturated carbocycles. The van der Waals surface area contributed by atoms with Crippen LogP contribution in [-0.4, -0.2) is 30.7 Å². The maximum Gasteiger partial charge on any atom is 0.335 e. The molecule has 0 aliphatic rings. The number of ether oxygens (including phenoxy) is 2. The predicted molar refractivity (Wildman–Crippen MR) is 94.6 cm³/mol. The number of carboxylic acids is 1. The summed E-state index contributed by atoms with van der Waals surface area (Å²) >= 11 is 0. The van der Waals surface area contributed by atoms with Crippen molar-refractivity contribution in [3.8, 4) is 11.5 Å². The number of nitrogens with one attached hydrogen (secondary N) is 1. The first-order chi connectivity index (χ1) is 11.9. The summed E-state index contributed by atoms with van der Waals surface area (Å²) in [4.78, 5) is 23.0. The van der Waals surface area contributed by atoms with Gasteiger partial charge in [-0.3, -0.25) is 4.79 Å². The van der Waals surface area contributed by atoms with Crippen molar-refractivity contribution < 1.29 is 24.2 Å². The van der Waals surface area contributed by atoms with Crippen molar-refractivity contribution in [3.05, 3.63) is 53.6 Å². The third-order valence-electron chi connectivity index (χ3n) is 3.64. The van der Waals surface area contributed by atoms with Crippen molar-refractivity contribution in [2.45, 2.75) is 19.8 Å². The number of rotatable bonds is 7. The quantitative estimate of drug-likeness (QED) is 0.803. The van der Waals surface area contributed by atoms with Gasteiger partial charge in [0.15, 0.2) is 6.61 Å². The molecule has 0 aromatic heterocycles. The molecule has 0 bridgehead atoms. The minimum Gasteiger partial charge on any atom is -0.495 e. The molecule has 2 aromatic rings. The molecule has 2 rings (SSSR count). The minimum atomic E-state index is -1.07. The number of methoxy groups -OCH3 is 1. The summed E-state index contributed by atoms with van der Waals surface area (Å²) in [7, 11) is 1.41. The van der Waals surface area contributed by atoms with Crippen LogP contribution in [0, 0.1) is 0 Å². The Kier molecular flexibility index (Phi) is 6.00. The average Bonchev–Trinajstić information content (AvgIpc) is 2.60. The number of aromatic carboxylic acids is 1. The summed E-state index contributed by atoms with van der Waals surface area (Å²) in [5.74, 6) is -0.125. The molecular weight excluding hydrogens is 322 g/mol. The van der Waals surface area contributed by atoms with Crippen molar-refractivity contribution in [3.63, 3.8) is 0 Å². The van der Waals surface area contributed by atoms with E-state index < -0.39 is 5.97 Å². The third-order valence-corrected chi connectivity index (χ3v) is 3.64. The van der Waals surface area contributed by atoms with E-state index in [1.807, 2.05) is 24.3 Å². The summed E-state index contributed by atoms with van der Waals surface area (Å²) < 4.78 is 10.6. The van der Waals surface area contributed by atoms with Gasteiger partial charge in [-0.15, -0.1) is 0 Å². The van der Waals surface area contributed by atoms with E-state index in [2.05, 4.69) is 19.2 Å². The molecule has 0 aliphatic heterocycles. The second kappa shape index (κ2) is 8.19. The monoisotopic (exact) mass is 343 g/mol. The Hall–Kier alpha value is -3.02. The lowest BCUT2D eigenvalue weighted by Gasteiger charge is -2.12. The second-order valence-electron chi connectivity index (χ2n) is 5.78. The summed E-state index contributed by atoms with van der Waals surface area (Å²) in [6.07, 6.45) is 0. The van der Waals surface area contributed by atoms with E-state index in [9.17, 15) is 9.59 Å². The van der Waals surface area contributed by atoms with Crippen LogP contribution in [0.25, 0.3) is 0 Å². The van der Waals surface area contributed by atoms with Crippen LogP contribution in [0.15, 0.2) is 42.5 Å². The number of amides is 1. The van der Waals surface area contributed by atoms with E-state index in [0.29, 0.717) is 17.4 Å². The van der Waals surface area contributed by atoms with E-state index in [1.165, 1.54) is 30.9 Å². The largest absolute Gasteiger partial charge is 0.495 e. The normalized spacial score (nSPS) is 10.4. The van der Waals surface area contributed by atoms with Crippen molar-refractivity contribution in [1.29, 1.82) is 0 Å². The Morgan fingerprint density at radius 3 is 2.36 bits per heavy atom. The number of hydrogen-bond donors (Lipinski definition) is 2. The molecule has 25 heavy (non-hydrogen) atoms. The van der Waals surface area contributed by atoms with Crippen LogP contribution < -0.4 is 14.8 Å². The van der Waals surface area contributed by atoms with Crippen LogP contribution in [0.5, 0.6) is 11.5 Å². The highest BCUT2D eigenvalue weighted by Gasteiger charge is 2.12. The van der Waals surface area contributed by atoms with Gasteiger partial charge in [-0.2, -0.15) is 0 Å². The van der Waals surface area contributed by atoms with Crippen LogP contribution in [0.3, 0.4) is 0 Å². The first kappa shape index (κ1) is 18.3. The SMILES string of the molecule is COc1cc(C(=O)O)ccc1NC(=O)COc1ccc(C(C)C)cc1. The van der Waals surface area contributed by atoms with Gasteiger partial charge in [0.1, 0.15) is 11.5 Å². The molecule has 0 spiro atoms. The molecular formula is C19H21NO5. The standard InChI is InChI=1S/C19H21NO5/c1-12(2)13-4-7-15(8-5-13)25-11-18(21)20-16-9-6-14(19(22)23)10-17(16)24-3/h4-10,12H,11H2,1-3H3,(H,20,21)(H,22,23). The summed E-state index contributed by atoms with van der Waals surface area (Å²) in [5, 5.41) is 11.6. The fourth-order valence-electron chi connectivity index (χ4n) is 2.21. The molecule has 0 aliphatic carbocycles. The van der Waals surface area contributed by atoms with Crippen molar-refractivity contribution in [2.75, 3.05) is 19.0 Å². The first-order valence-corrected chi connectivity index (χ1v) is 7.84. The van der Waals surface area contributed by atoms with E-state index in [0.717, 1.165) is 0 Å². The number of hydrogen-bond acceptors (Lipinski definition) is 4. The van der Waals surface area contributed by atoms with Crippen LogP contribution >= 0.6 is 0 Å². The zero-order valence-corrected chi connectivity index (χ0v) is 14.4. The lowest BCUT2D eigenvalue weighted by atomic mass is 10.0. The smallest absolute Gasteiger partial charge is 0.335 e. The van der Waals surface area contributed by atoms with E-state index in [4.69, 9.17) is 14.6 Å². The van der Waals surface area contributed by atoms with Crippen molar-refractivity contribution in [1.82, 2.24) is 0 Å². The molecule has 0 radical (unpaired) electrons. The van der Waals surface area contributed by atoms with Crippen LogP contribution in [0.1, 0.15) is 35.7 Å². The highest BCUT2D eigenvalue weighted by Crippen LogP contribution is 2.25. The molecule has 0 saturated heterocycles. The van der Waals surface area contributed by atoms with Crippen molar-refractivity contribution >= 4 is 17.6 Å². The maximum absolute atomic E-state index is 12.0. The fraction of sp³-hybridized carbons (Fsp3) is 0.263. The van der Waals surface area contributed by atoms with Crippen molar-refractivity contribution in [2.24, 2.45) is 0 Å². The van der Waals surface area contributed by atoms with Gasteiger partial charge >= 0.3 is 5.97 Å². The minimum absolute atomic E-state index is 0.0799. The van der Waals surface area contributed by atoms with Gasteiger partial charge in [0.2, 0.25) is 0 Å². The maximum atomic E-state index is 12.0. The van der Waals surface area contributed by atoms with E-state index in [1.54, 1.807) is 0 Å². The van der Waals surface area contributed by atoms with Gasteiger partial charge in [0.05, 0.1) is 18.4 Å². The average molecular weight is 343 g/mol. The predicted octanol–water partition coefficient (Wildman–Crippen LogP) is 3.53. The Bertz CT molecular complexity index is 753.